The molecular formula is C11H16BrNO. The van der Waals surface area contributed by atoms with Crippen LogP contribution in [-0.4, -0.2) is 20.2 Å². The third kappa shape index (κ3) is 2.41. The Hall–Kier alpha value is -0.700. The Morgan fingerprint density at radius 3 is 2.43 bits per heavy atom. The van der Waals surface area contributed by atoms with E-state index in [4.69, 9.17) is 4.74 Å². The topological polar surface area (TPSA) is 12.5 Å². The highest BCUT2D eigenvalue weighted by Crippen LogP contribution is 2.29. The first-order valence-corrected chi connectivity index (χ1v) is 5.60. The fourth-order valence-electron chi connectivity index (χ4n) is 1.43. The van der Waals surface area contributed by atoms with Crippen molar-refractivity contribution in [1.82, 2.24) is 0 Å². The number of methoxy groups -OCH3 is 1. The molecule has 0 aliphatic carbocycles. The molecule has 0 aliphatic rings. The lowest BCUT2D eigenvalue weighted by Gasteiger charge is -2.21. The SMILES string of the molecule is CCN(CC)c1ccc(Br)c(OC)c1. The van der Waals surface area contributed by atoms with Crippen molar-refractivity contribution in [1.29, 1.82) is 0 Å². The molecule has 3 heteroatoms. The summed E-state index contributed by atoms with van der Waals surface area (Å²) in [6, 6.07) is 6.17. The van der Waals surface area contributed by atoms with Crippen molar-refractivity contribution in [3.63, 3.8) is 0 Å². The molecule has 0 heterocycles. The van der Waals surface area contributed by atoms with Gasteiger partial charge in [0.05, 0.1) is 11.6 Å². The number of nitrogens with zero attached hydrogens (tertiary/aromatic N) is 1. The molecule has 0 fully saturated rings. The fraction of sp³-hybridized carbons (Fsp3) is 0.455. The maximum absolute atomic E-state index is 5.25. The average molecular weight is 258 g/mol. The van der Waals surface area contributed by atoms with E-state index in [1.807, 2.05) is 6.07 Å². The zero-order valence-corrected chi connectivity index (χ0v) is 10.5. The van der Waals surface area contributed by atoms with E-state index < -0.39 is 0 Å². The Kier molecular flexibility index (Phi) is 4.26. The molecule has 1 aromatic rings. The molecule has 0 atom stereocenters. The molecule has 78 valence electrons. The minimum atomic E-state index is 0.884. The van der Waals surface area contributed by atoms with Crippen LogP contribution in [0.1, 0.15) is 13.8 Å². The van der Waals surface area contributed by atoms with Crippen molar-refractivity contribution >= 4 is 21.6 Å². The summed E-state index contributed by atoms with van der Waals surface area (Å²) in [6.07, 6.45) is 0. The predicted octanol–water partition coefficient (Wildman–Crippen LogP) is 3.30. The van der Waals surface area contributed by atoms with E-state index in [2.05, 4.69) is 46.8 Å². The van der Waals surface area contributed by atoms with Gasteiger partial charge in [0.15, 0.2) is 0 Å². The van der Waals surface area contributed by atoms with Crippen molar-refractivity contribution in [2.24, 2.45) is 0 Å². The van der Waals surface area contributed by atoms with Crippen LogP contribution >= 0.6 is 15.9 Å². The summed E-state index contributed by atoms with van der Waals surface area (Å²) in [6.45, 7) is 6.33. The molecule has 1 aromatic carbocycles. The van der Waals surface area contributed by atoms with E-state index in [0.29, 0.717) is 0 Å². The zero-order valence-electron chi connectivity index (χ0n) is 8.88. The molecule has 0 aliphatic heterocycles. The van der Waals surface area contributed by atoms with Crippen molar-refractivity contribution in [2.75, 3.05) is 25.1 Å². The largest absolute Gasteiger partial charge is 0.495 e. The van der Waals surface area contributed by atoms with Crippen LogP contribution in [0.15, 0.2) is 22.7 Å². The van der Waals surface area contributed by atoms with Crippen LogP contribution in [0.3, 0.4) is 0 Å². The third-order valence-electron chi connectivity index (χ3n) is 2.26. The molecule has 0 saturated heterocycles. The van der Waals surface area contributed by atoms with Gasteiger partial charge in [-0.15, -0.1) is 0 Å². The molecular weight excluding hydrogens is 242 g/mol. The summed E-state index contributed by atoms with van der Waals surface area (Å²) in [4.78, 5) is 2.29. The van der Waals surface area contributed by atoms with Crippen LogP contribution in [0.5, 0.6) is 5.75 Å². The highest BCUT2D eigenvalue weighted by Gasteiger charge is 2.05. The smallest absolute Gasteiger partial charge is 0.135 e. The van der Waals surface area contributed by atoms with Crippen LogP contribution in [0, 0.1) is 0 Å². The monoisotopic (exact) mass is 257 g/mol. The third-order valence-corrected chi connectivity index (χ3v) is 2.92. The van der Waals surface area contributed by atoms with E-state index in [1.165, 1.54) is 5.69 Å². The first kappa shape index (κ1) is 11.4. The van der Waals surface area contributed by atoms with E-state index in [9.17, 15) is 0 Å². The Morgan fingerprint density at radius 2 is 1.93 bits per heavy atom. The minimum absolute atomic E-state index is 0.884. The number of ether oxygens (including phenoxy) is 1. The number of benzene rings is 1. The van der Waals surface area contributed by atoms with Gasteiger partial charge in [0.1, 0.15) is 5.75 Å². The van der Waals surface area contributed by atoms with Gasteiger partial charge in [0.25, 0.3) is 0 Å². The number of anilines is 1. The summed E-state index contributed by atoms with van der Waals surface area (Å²) in [5.41, 5.74) is 1.20. The molecule has 0 N–H and O–H groups in total. The lowest BCUT2D eigenvalue weighted by atomic mass is 10.2. The van der Waals surface area contributed by atoms with Crippen molar-refractivity contribution in [3.8, 4) is 5.75 Å². The average Bonchev–Trinajstić information content (AvgIpc) is 2.22. The van der Waals surface area contributed by atoms with E-state index in [1.54, 1.807) is 7.11 Å². The van der Waals surface area contributed by atoms with Crippen molar-refractivity contribution < 1.29 is 4.74 Å². The zero-order chi connectivity index (χ0) is 10.6. The van der Waals surface area contributed by atoms with Gasteiger partial charge < -0.3 is 9.64 Å². The van der Waals surface area contributed by atoms with Gasteiger partial charge in [-0.2, -0.15) is 0 Å². The Morgan fingerprint density at radius 1 is 1.29 bits per heavy atom. The van der Waals surface area contributed by atoms with Crippen LogP contribution in [0.25, 0.3) is 0 Å². The van der Waals surface area contributed by atoms with Crippen LogP contribution < -0.4 is 9.64 Å². The lowest BCUT2D eigenvalue weighted by Crippen LogP contribution is -2.21. The minimum Gasteiger partial charge on any atom is -0.495 e. The molecule has 0 radical (unpaired) electrons. The summed E-state index contributed by atoms with van der Waals surface area (Å²) < 4.78 is 6.25. The standard InChI is InChI=1S/C11H16BrNO/c1-4-13(5-2)9-6-7-10(12)11(8-9)14-3/h6-8H,4-5H2,1-3H3. The first-order chi connectivity index (χ1) is 6.72. The molecule has 0 spiro atoms. The lowest BCUT2D eigenvalue weighted by molar-refractivity contribution is 0.412. The van der Waals surface area contributed by atoms with Gasteiger partial charge in [-0.1, -0.05) is 0 Å². The predicted molar refractivity (Wildman–Crippen MR) is 64.3 cm³/mol. The number of halogens is 1. The molecule has 0 unspecified atom stereocenters. The Bertz CT molecular complexity index is 297. The Balaban J connectivity index is 2.98. The maximum Gasteiger partial charge on any atom is 0.135 e. The maximum atomic E-state index is 5.25. The second-order valence-corrected chi connectivity index (χ2v) is 3.85. The second kappa shape index (κ2) is 5.25. The second-order valence-electron chi connectivity index (χ2n) is 2.99. The summed E-state index contributed by atoms with van der Waals surface area (Å²) in [5, 5.41) is 0. The molecule has 0 bridgehead atoms. The normalized spacial score (nSPS) is 10.0. The van der Waals surface area contributed by atoms with Crippen LogP contribution in [0.2, 0.25) is 0 Å². The summed E-state index contributed by atoms with van der Waals surface area (Å²) in [7, 11) is 1.69. The van der Waals surface area contributed by atoms with Gasteiger partial charge in [0.2, 0.25) is 0 Å². The van der Waals surface area contributed by atoms with E-state index >= 15 is 0 Å². The molecule has 1 rings (SSSR count). The Labute approximate surface area is 94.0 Å². The number of hydrogen-bond donors (Lipinski definition) is 0. The quantitative estimate of drug-likeness (QED) is 0.821. The van der Waals surface area contributed by atoms with Crippen LogP contribution in [-0.2, 0) is 0 Å². The molecule has 14 heavy (non-hydrogen) atoms. The van der Waals surface area contributed by atoms with Gasteiger partial charge >= 0.3 is 0 Å². The summed E-state index contributed by atoms with van der Waals surface area (Å²) >= 11 is 3.44. The van der Waals surface area contributed by atoms with Crippen molar-refractivity contribution in [2.45, 2.75) is 13.8 Å². The van der Waals surface area contributed by atoms with E-state index in [-0.39, 0.29) is 0 Å². The van der Waals surface area contributed by atoms with Crippen LogP contribution in [0.4, 0.5) is 5.69 Å². The first-order valence-electron chi connectivity index (χ1n) is 4.81. The van der Waals surface area contributed by atoms with Gasteiger partial charge in [-0.3, -0.25) is 0 Å². The highest BCUT2D eigenvalue weighted by atomic mass is 79.9. The molecule has 2 nitrogen and oxygen atoms in total. The van der Waals surface area contributed by atoms with Gasteiger partial charge in [-0.05, 0) is 41.9 Å². The molecule has 0 saturated carbocycles. The molecule has 0 aromatic heterocycles. The van der Waals surface area contributed by atoms with Crippen molar-refractivity contribution in [3.05, 3.63) is 22.7 Å². The number of hydrogen-bond acceptors (Lipinski definition) is 2. The van der Waals surface area contributed by atoms with E-state index in [0.717, 1.165) is 23.3 Å². The molecule has 0 amide bonds. The number of rotatable bonds is 4. The van der Waals surface area contributed by atoms with Gasteiger partial charge in [0, 0.05) is 24.8 Å². The fourth-order valence-corrected chi connectivity index (χ4v) is 1.84. The summed E-state index contributed by atoms with van der Waals surface area (Å²) in [5.74, 6) is 0.884. The highest BCUT2D eigenvalue weighted by molar-refractivity contribution is 9.10. The van der Waals surface area contributed by atoms with Gasteiger partial charge in [-0.25, -0.2) is 0 Å².